The van der Waals surface area contributed by atoms with E-state index in [-0.39, 0.29) is 67.0 Å². The van der Waals surface area contributed by atoms with Crippen molar-refractivity contribution < 1.29 is 35.9 Å². The second kappa shape index (κ2) is 15.5. The molecule has 4 aliphatic rings. The maximum absolute atomic E-state index is 16.2. The summed E-state index contributed by atoms with van der Waals surface area (Å²) >= 11 is 0. The Morgan fingerprint density at radius 1 is 1.07 bits per heavy atom. The minimum Gasteiger partial charge on any atom is -0.453 e. The van der Waals surface area contributed by atoms with Crippen LogP contribution in [0.5, 0.6) is 0 Å². The van der Waals surface area contributed by atoms with Gasteiger partial charge in [-0.2, -0.15) is 0 Å². The van der Waals surface area contributed by atoms with Crippen LogP contribution in [0.4, 0.5) is 23.7 Å². The van der Waals surface area contributed by atoms with Crippen LogP contribution in [0.15, 0.2) is 59.8 Å². The number of piperidine rings is 1. The van der Waals surface area contributed by atoms with Crippen molar-refractivity contribution in [3.05, 3.63) is 72.1 Å². The highest BCUT2D eigenvalue weighted by Crippen LogP contribution is 2.52. The molecule has 4 fully saturated rings. The number of halogens is 3. The Hall–Kier alpha value is -4.62. The van der Waals surface area contributed by atoms with Crippen LogP contribution in [0.3, 0.4) is 0 Å². The first-order chi connectivity index (χ1) is 26.3. The summed E-state index contributed by atoms with van der Waals surface area (Å²) < 4.78 is 79.6. The number of hydrogen-bond acceptors (Lipinski definition) is 9. The van der Waals surface area contributed by atoms with Gasteiger partial charge in [-0.3, -0.25) is 14.4 Å². The van der Waals surface area contributed by atoms with Crippen molar-refractivity contribution in [2.45, 2.75) is 72.8 Å². The van der Waals surface area contributed by atoms with Gasteiger partial charge in [-0.25, -0.2) is 26.4 Å². The van der Waals surface area contributed by atoms with Gasteiger partial charge < -0.3 is 19.9 Å². The van der Waals surface area contributed by atoms with Crippen LogP contribution in [0.1, 0.15) is 44.6 Å². The predicted molar refractivity (Wildman–Crippen MR) is 197 cm³/mol. The SMILES string of the molecule is CC#CC(=O)N1CC(S(=O)(=O)c2ccc(N3CC(F)(CN4CCC([C@@](Cn5ccnn5)(c5cccc(F)c5)[C@H]5CCC[C@@H]5NC(=O)OC)CC4)C3)c(F)c2)C1. The van der Waals surface area contributed by atoms with Gasteiger partial charge in [-0.05, 0) is 99.3 Å². The molecular formula is C39H46F3N7O5S. The number of ether oxygens (including phenoxy) is 1. The molecule has 2 amide bonds. The Balaban J connectivity index is 1.02. The van der Waals surface area contributed by atoms with Gasteiger partial charge in [0, 0.05) is 37.3 Å². The third-order valence-electron chi connectivity index (χ3n) is 12.1. The number of alkyl carbamates (subject to hydrolysis) is 1. The molecule has 12 nitrogen and oxygen atoms in total. The lowest BCUT2D eigenvalue weighted by atomic mass is 9.58. The van der Waals surface area contributed by atoms with E-state index in [2.05, 4.69) is 32.4 Å². The van der Waals surface area contributed by atoms with Crippen molar-refractivity contribution in [1.82, 2.24) is 30.1 Å². The molecule has 1 N–H and O–H groups in total. The first kappa shape index (κ1) is 38.6. The van der Waals surface area contributed by atoms with Gasteiger partial charge in [-0.1, -0.05) is 29.7 Å². The number of aromatic nitrogens is 3. The number of hydrogen-bond donors (Lipinski definition) is 1. The quantitative estimate of drug-likeness (QED) is 0.288. The summed E-state index contributed by atoms with van der Waals surface area (Å²) in [5.41, 5.74) is -1.28. The Morgan fingerprint density at radius 3 is 2.49 bits per heavy atom. The predicted octanol–water partition coefficient (Wildman–Crippen LogP) is 3.97. The molecule has 3 atom stereocenters. The van der Waals surface area contributed by atoms with Crippen LogP contribution in [0, 0.1) is 35.3 Å². The Bertz CT molecular complexity index is 2060. The molecule has 0 spiro atoms. The van der Waals surface area contributed by atoms with E-state index in [9.17, 15) is 18.0 Å². The number of nitrogens with one attached hydrogen (secondary N) is 1. The lowest BCUT2D eigenvalue weighted by Gasteiger charge is -2.52. The van der Waals surface area contributed by atoms with E-state index in [4.69, 9.17) is 4.74 Å². The number of nitrogens with zero attached hydrogens (tertiary/aromatic N) is 6. The number of alkyl halides is 1. The molecule has 7 rings (SSSR count). The van der Waals surface area contributed by atoms with E-state index in [0.717, 1.165) is 30.9 Å². The molecule has 0 radical (unpaired) electrons. The van der Waals surface area contributed by atoms with Gasteiger partial charge in [0.05, 0.1) is 43.5 Å². The molecule has 3 aromatic rings. The maximum atomic E-state index is 16.2. The van der Waals surface area contributed by atoms with Crippen molar-refractivity contribution in [2.75, 3.05) is 57.8 Å². The Morgan fingerprint density at radius 2 is 1.84 bits per heavy atom. The van der Waals surface area contributed by atoms with Gasteiger partial charge in [0.15, 0.2) is 15.5 Å². The first-order valence-corrected chi connectivity index (χ1v) is 20.3. The molecule has 55 heavy (non-hydrogen) atoms. The monoisotopic (exact) mass is 781 g/mol. The van der Waals surface area contributed by atoms with Crippen LogP contribution in [-0.4, -0.2) is 115 Å². The molecule has 16 heteroatoms. The second-order valence-electron chi connectivity index (χ2n) is 15.4. The summed E-state index contributed by atoms with van der Waals surface area (Å²) in [5, 5.41) is 10.6. The number of methoxy groups -OCH3 is 1. The van der Waals surface area contributed by atoms with Crippen LogP contribution in [-0.2, 0) is 31.3 Å². The summed E-state index contributed by atoms with van der Waals surface area (Å²) in [4.78, 5) is 29.2. The third-order valence-corrected chi connectivity index (χ3v) is 14.2. The molecule has 3 saturated heterocycles. The summed E-state index contributed by atoms with van der Waals surface area (Å²) in [6.45, 7) is 3.16. The van der Waals surface area contributed by atoms with Gasteiger partial charge in [-0.15, -0.1) is 5.10 Å². The topological polar surface area (TPSA) is 130 Å². The molecule has 1 aliphatic carbocycles. The molecule has 0 bridgehead atoms. The van der Waals surface area contributed by atoms with Gasteiger partial charge in [0.25, 0.3) is 5.91 Å². The highest BCUT2D eigenvalue weighted by Gasteiger charge is 2.53. The fourth-order valence-electron chi connectivity index (χ4n) is 9.43. The van der Waals surface area contributed by atoms with E-state index in [1.165, 1.54) is 37.1 Å². The summed E-state index contributed by atoms with van der Waals surface area (Å²) in [6, 6.07) is 10.2. The molecule has 1 saturated carbocycles. The fourth-order valence-corrected chi connectivity index (χ4v) is 11.1. The van der Waals surface area contributed by atoms with Crippen molar-refractivity contribution in [2.24, 2.45) is 11.8 Å². The summed E-state index contributed by atoms with van der Waals surface area (Å²) in [5.74, 6) is 3.31. The van der Waals surface area contributed by atoms with E-state index >= 15 is 13.2 Å². The largest absolute Gasteiger partial charge is 0.453 e. The standard InChI is InChI=1S/C39H46F3N7O5S/c1-3-6-36(50)47-21-31(22-47)55(52,53)30-11-12-35(33(41)20-30)48-24-38(42,25-48)23-46-16-13-27(14-17-46)39(26-49-18-15-43-45-49,28-7-4-8-29(40)19-28)32-9-5-10-34(32)44-37(51)54-2/h4,7-8,11-12,15,18-20,27,31-32,34H,5,9-10,13-14,16-17,21-26H2,1-2H3,(H,44,51)/t32-,34-,39-/m0/s1. The van der Waals surface area contributed by atoms with E-state index in [1.54, 1.807) is 34.1 Å². The third kappa shape index (κ3) is 7.65. The van der Waals surface area contributed by atoms with Crippen molar-refractivity contribution in [3.8, 4) is 11.8 Å². The molecule has 4 heterocycles. The van der Waals surface area contributed by atoms with Gasteiger partial charge >= 0.3 is 6.09 Å². The molecule has 2 aromatic carbocycles. The number of benzene rings is 2. The normalized spacial score (nSPS) is 22.9. The lowest BCUT2D eigenvalue weighted by Crippen LogP contribution is -2.65. The summed E-state index contributed by atoms with van der Waals surface area (Å²) in [7, 11) is -2.54. The van der Waals surface area contributed by atoms with Gasteiger partial charge in [0.1, 0.15) is 16.9 Å². The maximum Gasteiger partial charge on any atom is 0.407 e. The number of rotatable bonds is 11. The lowest BCUT2D eigenvalue weighted by molar-refractivity contribution is -0.128. The minimum atomic E-state index is -3.88. The number of amides is 2. The van der Waals surface area contributed by atoms with Crippen molar-refractivity contribution in [3.63, 3.8) is 0 Å². The number of carbonyl (C=O) groups excluding carboxylic acids is 2. The average molecular weight is 782 g/mol. The van der Waals surface area contributed by atoms with E-state index < -0.39 is 44.0 Å². The number of anilines is 1. The van der Waals surface area contributed by atoms with Crippen LogP contribution < -0.4 is 10.2 Å². The molecule has 3 aliphatic heterocycles. The highest BCUT2D eigenvalue weighted by atomic mass is 32.2. The Kier molecular flexibility index (Phi) is 10.9. The minimum absolute atomic E-state index is 0.00568. The number of sulfone groups is 1. The molecule has 294 valence electrons. The fraction of sp³-hybridized carbons (Fsp3) is 0.538. The number of likely N-dealkylation sites (tertiary alicyclic amines) is 2. The highest BCUT2D eigenvalue weighted by molar-refractivity contribution is 7.92. The summed E-state index contributed by atoms with van der Waals surface area (Å²) in [6.07, 6.45) is 6.71. The van der Waals surface area contributed by atoms with E-state index in [1.807, 2.05) is 6.07 Å². The van der Waals surface area contributed by atoms with Crippen LogP contribution >= 0.6 is 0 Å². The zero-order chi connectivity index (χ0) is 39.0. The van der Waals surface area contributed by atoms with Crippen LogP contribution in [0.2, 0.25) is 0 Å². The van der Waals surface area contributed by atoms with Crippen LogP contribution in [0.25, 0.3) is 0 Å². The van der Waals surface area contributed by atoms with Crippen molar-refractivity contribution >= 4 is 27.5 Å². The zero-order valence-electron chi connectivity index (χ0n) is 31.0. The smallest absolute Gasteiger partial charge is 0.407 e. The average Bonchev–Trinajstić information content (AvgIpc) is 3.82. The molecule has 0 unspecified atom stereocenters. The first-order valence-electron chi connectivity index (χ1n) is 18.7. The Labute approximate surface area is 319 Å². The number of carbonyl (C=O) groups is 2. The molecule has 1 aromatic heterocycles. The molecular weight excluding hydrogens is 736 g/mol. The van der Waals surface area contributed by atoms with Gasteiger partial charge in [0.2, 0.25) is 0 Å². The zero-order valence-corrected chi connectivity index (χ0v) is 31.8. The van der Waals surface area contributed by atoms with Crippen molar-refractivity contribution in [1.29, 1.82) is 0 Å². The van der Waals surface area contributed by atoms with E-state index in [0.29, 0.717) is 32.5 Å². The second-order valence-corrected chi connectivity index (χ2v) is 17.6.